The molecular weight excluding hydrogens is 264 g/mol. The van der Waals surface area contributed by atoms with Gasteiger partial charge in [-0.05, 0) is 68.9 Å². The highest BCUT2D eigenvalue weighted by molar-refractivity contribution is 5.89. The highest BCUT2D eigenvalue weighted by Gasteiger charge is 2.35. The minimum absolute atomic E-state index is 0.444. The lowest BCUT2D eigenvalue weighted by Gasteiger charge is -2.44. The number of rotatable bonds is 3. The Balaban J connectivity index is 1.62. The molecule has 0 bridgehead atoms. The van der Waals surface area contributed by atoms with Crippen LogP contribution in [-0.4, -0.2) is 42.2 Å². The maximum Gasteiger partial charge on any atom is 0.336 e. The number of hydrogen-bond acceptors (Lipinski definition) is 3. The minimum Gasteiger partial charge on any atom is -0.478 e. The van der Waals surface area contributed by atoms with Crippen molar-refractivity contribution < 1.29 is 9.90 Å². The van der Waals surface area contributed by atoms with Crippen LogP contribution >= 0.6 is 0 Å². The third-order valence-electron chi connectivity index (χ3n) is 5.22. The van der Waals surface area contributed by atoms with Gasteiger partial charge in [-0.15, -0.1) is 0 Å². The standard InChI is InChI=1S/C17H24N2O2/c20-16(21)15-4-2-1-3-14(15)13-19-11-7-17(8-12-19)5-9-18-10-6-17/h1-4,18H,5-13H2,(H,20,21). The van der Waals surface area contributed by atoms with Crippen molar-refractivity contribution in [3.63, 3.8) is 0 Å². The van der Waals surface area contributed by atoms with E-state index in [1.165, 1.54) is 25.7 Å². The number of hydrogen-bond donors (Lipinski definition) is 2. The van der Waals surface area contributed by atoms with Crippen molar-refractivity contribution in [3.8, 4) is 0 Å². The number of piperidine rings is 2. The first-order valence-corrected chi connectivity index (χ1v) is 7.93. The van der Waals surface area contributed by atoms with Crippen LogP contribution in [0.25, 0.3) is 0 Å². The fourth-order valence-corrected chi connectivity index (χ4v) is 3.75. The zero-order valence-electron chi connectivity index (χ0n) is 12.5. The summed E-state index contributed by atoms with van der Waals surface area (Å²) in [5, 5.41) is 12.7. The van der Waals surface area contributed by atoms with Crippen molar-refractivity contribution in [3.05, 3.63) is 35.4 Å². The highest BCUT2D eigenvalue weighted by atomic mass is 16.4. The van der Waals surface area contributed by atoms with Crippen LogP contribution in [0.2, 0.25) is 0 Å². The number of likely N-dealkylation sites (tertiary alicyclic amines) is 1. The van der Waals surface area contributed by atoms with Gasteiger partial charge in [-0.2, -0.15) is 0 Å². The summed E-state index contributed by atoms with van der Waals surface area (Å²) in [5.74, 6) is -0.822. The first kappa shape index (κ1) is 14.5. The van der Waals surface area contributed by atoms with E-state index in [0.717, 1.165) is 38.3 Å². The molecule has 0 aromatic heterocycles. The molecule has 0 saturated carbocycles. The Labute approximate surface area is 126 Å². The monoisotopic (exact) mass is 288 g/mol. The van der Waals surface area contributed by atoms with Crippen LogP contribution in [0.4, 0.5) is 0 Å². The molecule has 114 valence electrons. The van der Waals surface area contributed by atoms with Crippen LogP contribution in [0.15, 0.2) is 24.3 Å². The lowest BCUT2D eigenvalue weighted by molar-refractivity contribution is 0.0661. The normalized spacial score (nSPS) is 22.3. The zero-order chi connectivity index (χ0) is 14.7. The molecule has 4 heteroatoms. The predicted molar refractivity (Wildman–Crippen MR) is 82.4 cm³/mol. The van der Waals surface area contributed by atoms with Crippen molar-refractivity contribution in [1.29, 1.82) is 0 Å². The van der Waals surface area contributed by atoms with E-state index in [1.54, 1.807) is 12.1 Å². The average molecular weight is 288 g/mol. The minimum atomic E-state index is -0.822. The molecule has 2 N–H and O–H groups in total. The summed E-state index contributed by atoms with van der Waals surface area (Å²) in [6.45, 7) is 5.25. The SMILES string of the molecule is O=C(O)c1ccccc1CN1CCC2(CCNCC2)CC1. The fourth-order valence-electron chi connectivity index (χ4n) is 3.75. The van der Waals surface area contributed by atoms with E-state index in [4.69, 9.17) is 0 Å². The first-order chi connectivity index (χ1) is 10.2. The quantitative estimate of drug-likeness (QED) is 0.896. The second-order valence-electron chi connectivity index (χ2n) is 6.49. The number of nitrogens with one attached hydrogen (secondary N) is 1. The maximum absolute atomic E-state index is 11.3. The van der Waals surface area contributed by atoms with Crippen molar-refractivity contribution >= 4 is 5.97 Å². The van der Waals surface area contributed by atoms with Gasteiger partial charge in [-0.3, -0.25) is 4.90 Å². The maximum atomic E-state index is 11.3. The molecule has 0 aliphatic carbocycles. The van der Waals surface area contributed by atoms with Gasteiger partial charge < -0.3 is 10.4 Å². The Morgan fingerprint density at radius 1 is 1.14 bits per heavy atom. The number of benzene rings is 1. The fraction of sp³-hybridized carbons (Fsp3) is 0.588. The third-order valence-corrected chi connectivity index (χ3v) is 5.22. The van der Waals surface area contributed by atoms with Gasteiger partial charge in [0.1, 0.15) is 0 Å². The van der Waals surface area contributed by atoms with Crippen LogP contribution < -0.4 is 5.32 Å². The highest BCUT2D eigenvalue weighted by Crippen LogP contribution is 2.39. The molecule has 2 saturated heterocycles. The molecule has 4 nitrogen and oxygen atoms in total. The van der Waals surface area contributed by atoms with E-state index in [1.807, 2.05) is 12.1 Å². The van der Waals surface area contributed by atoms with Gasteiger partial charge in [-0.1, -0.05) is 18.2 Å². The van der Waals surface area contributed by atoms with Gasteiger partial charge in [-0.25, -0.2) is 4.79 Å². The first-order valence-electron chi connectivity index (χ1n) is 7.93. The van der Waals surface area contributed by atoms with Gasteiger partial charge in [0, 0.05) is 6.54 Å². The van der Waals surface area contributed by atoms with E-state index >= 15 is 0 Å². The topological polar surface area (TPSA) is 52.6 Å². The molecular formula is C17H24N2O2. The molecule has 0 atom stereocenters. The molecule has 0 amide bonds. The van der Waals surface area contributed by atoms with Gasteiger partial charge >= 0.3 is 5.97 Å². The Morgan fingerprint density at radius 3 is 2.48 bits per heavy atom. The van der Waals surface area contributed by atoms with Crippen molar-refractivity contribution in [1.82, 2.24) is 10.2 Å². The summed E-state index contributed by atoms with van der Waals surface area (Å²) < 4.78 is 0. The molecule has 1 aromatic carbocycles. The Hall–Kier alpha value is -1.39. The molecule has 2 aliphatic rings. The predicted octanol–water partition coefficient (Wildman–Crippen LogP) is 2.35. The van der Waals surface area contributed by atoms with E-state index in [2.05, 4.69) is 10.2 Å². The summed E-state index contributed by atoms with van der Waals surface area (Å²) in [7, 11) is 0. The second-order valence-corrected chi connectivity index (χ2v) is 6.49. The van der Waals surface area contributed by atoms with Gasteiger partial charge in [0.15, 0.2) is 0 Å². The molecule has 21 heavy (non-hydrogen) atoms. The summed E-state index contributed by atoms with van der Waals surface area (Å²) >= 11 is 0. The number of carboxylic acids is 1. The lowest BCUT2D eigenvalue weighted by atomic mass is 9.71. The van der Waals surface area contributed by atoms with Crippen LogP contribution in [0.5, 0.6) is 0 Å². The number of carbonyl (C=O) groups is 1. The Bertz CT molecular complexity index is 499. The van der Waals surface area contributed by atoms with Crippen LogP contribution in [0.3, 0.4) is 0 Å². The molecule has 0 radical (unpaired) electrons. The van der Waals surface area contributed by atoms with Gasteiger partial charge in [0.2, 0.25) is 0 Å². The smallest absolute Gasteiger partial charge is 0.336 e. The third kappa shape index (κ3) is 3.27. The second kappa shape index (κ2) is 6.16. The van der Waals surface area contributed by atoms with Crippen LogP contribution in [-0.2, 0) is 6.54 Å². The van der Waals surface area contributed by atoms with E-state index < -0.39 is 5.97 Å². The van der Waals surface area contributed by atoms with E-state index in [0.29, 0.717) is 11.0 Å². The average Bonchev–Trinajstić information content (AvgIpc) is 2.51. The number of carboxylic acid groups (broad SMARTS) is 1. The van der Waals surface area contributed by atoms with Gasteiger partial charge in [0.25, 0.3) is 0 Å². The van der Waals surface area contributed by atoms with E-state index in [9.17, 15) is 9.90 Å². The van der Waals surface area contributed by atoms with Crippen molar-refractivity contribution in [2.75, 3.05) is 26.2 Å². The van der Waals surface area contributed by atoms with Crippen LogP contribution in [0, 0.1) is 5.41 Å². The van der Waals surface area contributed by atoms with Gasteiger partial charge in [0.05, 0.1) is 5.56 Å². The Morgan fingerprint density at radius 2 is 1.81 bits per heavy atom. The Kier molecular flexibility index (Phi) is 4.27. The molecule has 2 fully saturated rings. The van der Waals surface area contributed by atoms with E-state index in [-0.39, 0.29) is 0 Å². The summed E-state index contributed by atoms with van der Waals surface area (Å²) in [6.07, 6.45) is 5.10. The number of aromatic carboxylic acids is 1. The van der Waals surface area contributed by atoms with Crippen molar-refractivity contribution in [2.24, 2.45) is 5.41 Å². The molecule has 3 rings (SSSR count). The molecule has 0 unspecified atom stereocenters. The largest absolute Gasteiger partial charge is 0.478 e. The lowest BCUT2D eigenvalue weighted by Crippen LogP contribution is -2.45. The molecule has 2 aliphatic heterocycles. The molecule has 1 aromatic rings. The zero-order valence-corrected chi connectivity index (χ0v) is 12.5. The summed E-state index contributed by atoms with van der Waals surface area (Å²) in [5.41, 5.74) is 1.93. The van der Waals surface area contributed by atoms with Crippen molar-refractivity contribution in [2.45, 2.75) is 32.2 Å². The summed E-state index contributed by atoms with van der Waals surface area (Å²) in [6, 6.07) is 7.38. The molecule has 1 spiro atoms. The number of nitrogens with zero attached hydrogens (tertiary/aromatic N) is 1. The van der Waals surface area contributed by atoms with Crippen LogP contribution in [0.1, 0.15) is 41.6 Å². The molecule has 2 heterocycles. The summed E-state index contributed by atoms with van der Waals surface area (Å²) in [4.78, 5) is 13.7.